The SMILES string of the molecule is O=C(Nc1ccc([C@@H]2C[C@H]2NCC2CC2)cc1)c1ccc(-c2ncccn2)cc1. The minimum absolute atomic E-state index is 0.117. The first-order valence-corrected chi connectivity index (χ1v) is 10.3. The van der Waals surface area contributed by atoms with Crippen LogP contribution in [0, 0.1) is 5.92 Å². The molecule has 2 atom stereocenters. The first-order valence-electron chi connectivity index (χ1n) is 10.3. The average Bonchev–Trinajstić information content (AvgIpc) is 3.69. The topological polar surface area (TPSA) is 66.9 Å². The van der Waals surface area contributed by atoms with Gasteiger partial charge in [-0.05, 0) is 67.6 Å². The van der Waals surface area contributed by atoms with Crippen LogP contribution in [-0.2, 0) is 0 Å². The van der Waals surface area contributed by atoms with Crippen LogP contribution in [-0.4, -0.2) is 28.5 Å². The predicted molar refractivity (Wildman–Crippen MR) is 114 cm³/mol. The van der Waals surface area contributed by atoms with Gasteiger partial charge in [-0.25, -0.2) is 9.97 Å². The summed E-state index contributed by atoms with van der Waals surface area (Å²) < 4.78 is 0. The van der Waals surface area contributed by atoms with Crippen LogP contribution in [0.3, 0.4) is 0 Å². The molecular formula is C24H24N4O. The fourth-order valence-corrected chi connectivity index (χ4v) is 3.66. The van der Waals surface area contributed by atoms with E-state index in [4.69, 9.17) is 0 Å². The van der Waals surface area contributed by atoms with E-state index in [1.165, 1.54) is 31.4 Å². The highest BCUT2D eigenvalue weighted by Gasteiger charge is 2.38. The molecule has 0 unspecified atom stereocenters. The van der Waals surface area contributed by atoms with E-state index < -0.39 is 0 Å². The molecule has 3 aromatic rings. The van der Waals surface area contributed by atoms with Crippen LogP contribution in [0.1, 0.15) is 41.1 Å². The molecule has 1 aromatic heterocycles. The standard InChI is InChI=1S/C24H24N4O/c29-24(19-6-4-18(5-7-19)23-25-12-1-13-26-23)28-20-10-8-17(9-11-20)21-14-22(21)27-15-16-2-3-16/h1,4-13,16,21-22,27H,2-3,14-15H2,(H,28,29)/t21-,22+/m0/s1. The van der Waals surface area contributed by atoms with Crippen molar-refractivity contribution in [2.75, 3.05) is 11.9 Å². The number of amides is 1. The Labute approximate surface area is 170 Å². The van der Waals surface area contributed by atoms with Crippen LogP contribution in [0.5, 0.6) is 0 Å². The summed E-state index contributed by atoms with van der Waals surface area (Å²) in [5, 5.41) is 6.65. The molecule has 0 aliphatic heterocycles. The van der Waals surface area contributed by atoms with Gasteiger partial charge in [0, 0.05) is 41.2 Å². The Morgan fingerprint density at radius 1 is 0.966 bits per heavy atom. The van der Waals surface area contributed by atoms with Crippen molar-refractivity contribution in [2.24, 2.45) is 5.92 Å². The van der Waals surface area contributed by atoms with Crippen molar-refractivity contribution in [3.05, 3.63) is 78.1 Å². The number of carbonyl (C=O) groups excluding carboxylic acids is 1. The summed E-state index contributed by atoms with van der Waals surface area (Å²) in [6.07, 6.45) is 7.41. The zero-order valence-corrected chi connectivity index (χ0v) is 16.2. The quantitative estimate of drug-likeness (QED) is 0.639. The van der Waals surface area contributed by atoms with Crippen LogP contribution >= 0.6 is 0 Å². The van der Waals surface area contributed by atoms with Gasteiger partial charge in [0.2, 0.25) is 0 Å². The van der Waals surface area contributed by atoms with E-state index in [0.717, 1.165) is 17.2 Å². The molecule has 2 aliphatic rings. The lowest BCUT2D eigenvalue weighted by Gasteiger charge is -2.08. The van der Waals surface area contributed by atoms with E-state index >= 15 is 0 Å². The van der Waals surface area contributed by atoms with E-state index in [1.54, 1.807) is 30.6 Å². The Balaban J connectivity index is 1.17. The summed E-state index contributed by atoms with van der Waals surface area (Å²) in [4.78, 5) is 21.0. The highest BCUT2D eigenvalue weighted by atomic mass is 16.1. The fraction of sp³-hybridized carbons (Fsp3) is 0.292. The van der Waals surface area contributed by atoms with Gasteiger partial charge in [0.15, 0.2) is 5.82 Å². The Hall–Kier alpha value is -3.05. The van der Waals surface area contributed by atoms with Crippen LogP contribution in [0.15, 0.2) is 67.0 Å². The molecule has 0 spiro atoms. The van der Waals surface area contributed by atoms with Gasteiger partial charge in [0.1, 0.15) is 0 Å². The molecule has 0 bridgehead atoms. The maximum atomic E-state index is 12.5. The van der Waals surface area contributed by atoms with Crippen LogP contribution in [0.25, 0.3) is 11.4 Å². The van der Waals surface area contributed by atoms with Crippen molar-refractivity contribution in [1.82, 2.24) is 15.3 Å². The van der Waals surface area contributed by atoms with Gasteiger partial charge in [-0.2, -0.15) is 0 Å². The minimum Gasteiger partial charge on any atom is -0.322 e. The second-order valence-corrected chi connectivity index (χ2v) is 8.03. The molecule has 29 heavy (non-hydrogen) atoms. The summed E-state index contributed by atoms with van der Waals surface area (Å²) in [6, 6.07) is 18.0. The molecule has 2 saturated carbocycles. The lowest BCUT2D eigenvalue weighted by Crippen LogP contribution is -2.20. The number of nitrogens with zero attached hydrogens (tertiary/aromatic N) is 2. The Kier molecular flexibility index (Phi) is 4.82. The summed E-state index contributed by atoms with van der Waals surface area (Å²) in [6.45, 7) is 1.17. The maximum Gasteiger partial charge on any atom is 0.255 e. The molecule has 2 aliphatic carbocycles. The first kappa shape index (κ1) is 18.0. The van der Waals surface area contributed by atoms with E-state index in [-0.39, 0.29) is 5.91 Å². The van der Waals surface area contributed by atoms with Gasteiger partial charge < -0.3 is 10.6 Å². The lowest BCUT2D eigenvalue weighted by molar-refractivity contribution is 0.102. The summed E-state index contributed by atoms with van der Waals surface area (Å²) in [5.41, 5.74) is 3.67. The number of carbonyl (C=O) groups is 1. The maximum absolute atomic E-state index is 12.5. The van der Waals surface area contributed by atoms with Crippen molar-refractivity contribution in [1.29, 1.82) is 0 Å². The zero-order chi connectivity index (χ0) is 19.6. The molecule has 146 valence electrons. The zero-order valence-electron chi connectivity index (χ0n) is 16.2. The highest BCUT2D eigenvalue weighted by Crippen LogP contribution is 2.41. The molecule has 5 nitrogen and oxygen atoms in total. The summed E-state index contributed by atoms with van der Waals surface area (Å²) in [5.74, 6) is 2.07. The molecule has 5 heteroatoms. The molecular weight excluding hydrogens is 360 g/mol. The predicted octanol–water partition coefficient (Wildman–Crippen LogP) is 4.25. The van der Waals surface area contributed by atoms with Crippen molar-refractivity contribution in [2.45, 2.75) is 31.2 Å². The number of nitrogens with one attached hydrogen (secondary N) is 2. The van der Waals surface area contributed by atoms with Crippen molar-refractivity contribution < 1.29 is 4.79 Å². The molecule has 2 aromatic carbocycles. The molecule has 0 radical (unpaired) electrons. The van der Waals surface area contributed by atoms with E-state index in [1.807, 2.05) is 24.3 Å². The Morgan fingerprint density at radius 2 is 1.69 bits per heavy atom. The second kappa shape index (κ2) is 7.76. The molecule has 0 saturated heterocycles. The molecule has 2 N–H and O–H groups in total. The summed E-state index contributed by atoms with van der Waals surface area (Å²) >= 11 is 0. The van der Waals surface area contributed by atoms with Gasteiger partial charge in [-0.1, -0.05) is 24.3 Å². The number of benzene rings is 2. The van der Waals surface area contributed by atoms with Crippen molar-refractivity contribution >= 4 is 11.6 Å². The number of hydrogen-bond acceptors (Lipinski definition) is 4. The third-order valence-corrected chi connectivity index (χ3v) is 5.72. The van der Waals surface area contributed by atoms with Crippen LogP contribution in [0.2, 0.25) is 0 Å². The van der Waals surface area contributed by atoms with Gasteiger partial charge in [0.05, 0.1) is 0 Å². The second-order valence-electron chi connectivity index (χ2n) is 8.03. The third-order valence-electron chi connectivity index (χ3n) is 5.72. The van der Waals surface area contributed by atoms with E-state index in [2.05, 4.69) is 32.7 Å². The smallest absolute Gasteiger partial charge is 0.255 e. The van der Waals surface area contributed by atoms with E-state index in [9.17, 15) is 4.79 Å². The van der Waals surface area contributed by atoms with E-state index in [0.29, 0.717) is 23.3 Å². The number of aromatic nitrogens is 2. The third kappa shape index (κ3) is 4.35. The van der Waals surface area contributed by atoms with Gasteiger partial charge >= 0.3 is 0 Å². The fourth-order valence-electron chi connectivity index (χ4n) is 3.66. The number of hydrogen-bond donors (Lipinski definition) is 2. The average molecular weight is 384 g/mol. The number of rotatable bonds is 7. The molecule has 5 rings (SSSR count). The Morgan fingerprint density at radius 3 is 2.38 bits per heavy atom. The molecule has 1 amide bonds. The monoisotopic (exact) mass is 384 g/mol. The summed E-state index contributed by atoms with van der Waals surface area (Å²) in [7, 11) is 0. The molecule has 1 heterocycles. The van der Waals surface area contributed by atoms with Gasteiger partial charge in [-0.3, -0.25) is 4.79 Å². The lowest BCUT2D eigenvalue weighted by atomic mass is 10.1. The number of anilines is 1. The highest BCUT2D eigenvalue weighted by molar-refractivity contribution is 6.04. The molecule has 2 fully saturated rings. The van der Waals surface area contributed by atoms with Crippen LogP contribution < -0.4 is 10.6 Å². The van der Waals surface area contributed by atoms with Crippen LogP contribution in [0.4, 0.5) is 5.69 Å². The minimum atomic E-state index is -0.117. The Bertz CT molecular complexity index is 982. The van der Waals surface area contributed by atoms with Gasteiger partial charge in [0.25, 0.3) is 5.91 Å². The first-order chi connectivity index (χ1) is 14.3. The normalized spacial score (nSPS) is 20.3. The largest absolute Gasteiger partial charge is 0.322 e. The van der Waals surface area contributed by atoms with Crippen molar-refractivity contribution in [3.63, 3.8) is 0 Å². The van der Waals surface area contributed by atoms with Gasteiger partial charge in [-0.15, -0.1) is 0 Å². The van der Waals surface area contributed by atoms with Crippen molar-refractivity contribution in [3.8, 4) is 11.4 Å².